The third-order valence-electron chi connectivity index (χ3n) is 4.67. The largest absolute Gasteiger partial charge is 0.454 e. The second-order valence-corrected chi connectivity index (χ2v) is 6.88. The van der Waals surface area contributed by atoms with E-state index in [1.165, 1.54) is 25.2 Å². The molecular weight excluding hydrogens is 440 g/mol. The highest BCUT2D eigenvalue weighted by Crippen LogP contribution is 2.17. The van der Waals surface area contributed by atoms with Crippen molar-refractivity contribution in [2.45, 2.75) is 13.2 Å². The lowest BCUT2D eigenvalue weighted by Crippen LogP contribution is -2.43. The number of aromatic nitrogens is 2. The molecule has 0 atom stereocenters. The van der Waals surface area contributed by atoms with Crippen LogP contribution in [0.3, 0.4) is 0 Å². The maximum absolute atomic E-state index is 12.7. The summed E-state index contributed by atoms with van der Waals surface area (Å²) < 4.78 is 35.6. The molecule has 1 heterocycles. The number of hydrogen-bond donors (Lipinski definition) is 1. The minimum Gasteiger partial charge on any atom is -0.454 e. The van der Waals surface area contributed by atoms with E-state index < -0.39 is 41.8 Å². The Morgan fingerprint density at radius 1 is 1.06 bits per heavy atom. The number of carbonyl (C=O) groups excluding carboxylic acids is 2. The van der Waals surface area contributed by atoms with Gasteiger partial charge in [-0.25, -0.2) is 9.59 Å². The van der Waals surface area contributed by atoms with E-state index in [0.29, 0.717) is 5.56 Å². The number of halogens is 2. The second-order valence-electron chi connectivity index (χ2n) is 6.88. The highest BCUT2D eigenvalue weighted by molar-refractivity contribution is 6.02. The number of carbonyl (C=O) groups is 2. The Balaban J connectivity index is 1.83. The van der Waals surface area contributed by atoms with Crippen LogP contribution in [0.15, 0.2) is 64.2 Å². The zero-order chi connectivity index (χ0) is 24.1. The Labute approximate surface area is 185 Å². The van der Waals surface area contributed by atoms with E-state index >= 15 is 0 Å². The van der Waals surface area contributed by atoms with Gasteiger partial charge in [-0.3, -0.25) is 18.7 Å². The van der Waals surface area contributed by atoms with Crippen molar-refractivity contribution in [1.82, 2.24) is 9.13 Å². The highest BCUT2D eigenvalue weighted by Gasteiger charge is 2.23. The van der Waals surface area contributed by atoms with Crippen molar-refractivity contribution in [3.8, 4) is 5.75 Å². The van der Waals surface area contributed by atoms with Crippen LogP contribution in [0.2, 0.25) is 0 Å². The summed E-state index contributed by atoms with van der Waals surface area (Å²) in [6, 6.07) is 13.6. The van der Waals surface area contributed by atoms with E-state index in [4.69, 9.17) is 10.5 Å². The lowest BCUT2D eigenvalue weighted by Gasteiger charge is -2.15. The van der Waals surface area contributed by atoms with Gasteiger partial charge in [0.15, 0.2) is 6.61 Å². The third-order valence-corrected chi connectivity index (χ3v) is 4.67. The van der Waals surface area contributed by atoms with Crippen molar-refractivity contribution in [2.75, 3.05) is 12.3 Å². The van der Waals surface area contributed by atoms with Crippen molar-refractivity contribution < 1.29 is 27.8 Å². The number of anilines is 1. The number of alkyl halides is 2. The summed E-state index contributed by atoms with van der Waals surface area (Å²) in [6.07, 6.45) is 0. The van der Waals surface area contributed by atoms with E-state index in [9.17, 15) is 28.0 Å². The van der Waals surface area contributed by atoms with Gasteiger partial charge in [0, 0.05) is 7.05 Å². The number of ketones is 1. The van der Waals surface area contributed by atoms with Gasteiger partial charge in [-0.15, -0.1) is 0 Å². The maximum atomic E-state index is 12.7. The van der Waals surface area contributed by atoms with E-state index in [0.717, 1.165) is 15.2 Å². The topological polar surface area (TPSA) is 123 Å². The fourth-order valence-corrected chi connectivity index (χ4v) is 3.05. The number of ether oxygens (including phenoxy) is 2. The summed E-state index contributed by atoms with van der Waals surface area (Å²) in [5, 5.41) is 0. The molecule has 3 aromatic rings. The molecule has 0 aliphatic carbocycles. The molecule has 2 aromatic carbocycles. The molecule has 172 valence electrons. The maximum Gasteiger partial charge on any atom is 0.387 e. The van der Waals surface area contributed by atoms with Crippen LogP contribution in [-0.4, -0.2) is 34.1 Å². The van der Waals surface area contributed by atoms with Crippen LogP contribution in [0.25, 0.3) is 0 Å². The van der Waals surface area contributed by atoms with Gasteiger partial charge in [0.2, 0.25) is 5.78 Å². The first-order chi connectivity index (χ1) is 15.7. The van der Waals surface area contributed by atoms with E-state index in [2.05, 4.69) is 4.74 Å². The molecule has 0 fully saturated rings. The number of nitrogen functional groups attached to an aromatic ring is 1. The monoisotopic (exact) mass is 459 g/mol. The summed E-state index contributed by atoms with van der Waals surface area (Å²) in [6.45, 7) is -3.93. The number of nitrogens with two attached hydrogens (primary N) is 1. The first-order valence-electron chi connectivity index (χ1n) is 9.57. The molecule has 3 rings (SSSR count). The molecular formula is C22H19F2N3O6. The van der Waals surface area contributed by atoms with Gasteiger partial charge in [0.05, 0.1) is 12.1 Å². The molecule has 2 N–H and O–H groups in total. The summed E-state index contributed by atoms with van der Waals surface area (Å²) in [5.41, 5.74) is 4.40. The Bertz CT molecular complexity index is 1300. The second kappa shape index (κ2) is 9.90. The van der Waals surface area contributed by atoms with Gasteiger partial charge < -0.3 is 15.2 Å². The van der Waals surface area contributed by atoms with Crippen LogP contribution < -0.4 is 21.7 Å². The molecule has 0 saturated heterocycles. The number of Topliss-reactive ketones (excluding diaryl/α,β-unsaturated/α-hetero) is 1. The SMILES string of the molecule is Cn1c(=O)c(C(=O)COC(=O)c2cccc(OC(F)F)c2)c(N)n(Cc2ccccc2)c1=O. The minimum atomic E-state index is -3.08. The zero-order valence-corrected chi connectivity index (χ0v) is 17.4. The fraction of sp³-hybridized carbons (Fsp3) is 0.182. The predicted molar refractivity (Wildman–Crippen MR) is 114 cm³/mol. The molecule has 33 heavy (non-hydrogen) atoms. The molecule has 0 spiro atoms. The molecule has 9 nitrogen and oxygen atoms in total. The van der Waals surface area contributed by atoms with Crippen molar-refractivity contribution >= 4 is 17.6 Å². The van der Waals surface area contributed by atoms with Crippen LogP contribution >= 0.6 is 0 Å². The molecule has 0 aliphatic heterocycles. The molecule has 0 amide bonds. The van der Waals surface area contributed by atoms with Crippen LogP contribution in [-0.2, 0) is 18.3 Å². The van der Waals surface area contributed by atoms with Crippen molar-refractivity contribution in [3.05, 3.63) is 92.1 Å². The first kappa shape index (κ1) is 23.4. The standard InChI is InChI=1S/C22H19F2N3O6/c1-26-19(29)17(18(25)27(22(26)31)11-13-6-3-2-4-7-13)16(28)12-32-20(30)14-8-5-9-15(10-14)33-21(23)24/h2-10,21H,11-12,25H2,1H3. The predicted octanol–water partition coefficient (Wildman–Crippen LogP) is 1.82. The quantitative estimate of drug-likeness (QED) is 0.403. The van der Waals surface area contributed by atoms with Crippen molar-refractivity contribution in [3.63, 3.8) is 0 Å². The summed E-state index contributed by atoms with van der Waals surface area (Å²) in [4.78, 5) is 50.0. The number of hydrogen-bond acceptors (Lipinski definition) is 7. The highest BCUT2D eigenvalue weighted by atomic mass is 19.3. The van der Waals surface area contributed by atoms with Gasteiger partial charge in [0.1, 0.15) is 17.1 Å². The number of nitrogens with zero attached hydrogens (tertiary/aromatic N) is 2. The number of esters is 1. The molecule has 0 aliphatic rings. The van der Waals surface area contributed by atoms with Gasteiger partial charge >= 0.3 is 18.3 Å². The van der Waals surface area contributed by atoms with Gasteiger partial charge in [-0.2, -0.15) is 8.78 Å². The van der Waals surface area contributed by atoms with Crippen LogP contribution in [0.4, 0.5) is 14.6 Å². The van der Waals surface area contributed by atoms with Gasteiger partial charge in [0.25, 0.3) is 5.56 Å². The first-order valence-corrected chi connectivity index (χ1v) is 9.57. The minimum absolute atomic E-state index is 0.0105. The Morgan fingerprint density at radius 3 is 2.42 bits per heavy atom. The van der Waals surface area contributed by atoms with Crippen LogP contribution in [0, 0.1) is 0 Å². The van der Waals surface area contributed by atoms with Crippen LogP contribution in [0.5, 0.6) is 5.75 Å². The summed E-state index contributed by atoms with van der Waals surface area (Å²) in [7, 11) is 1.20. The van der Waals surface area contributed by atoms with E-state index in [1.807, 2.05) is 0 Å². The normalized spacial score (nSPS) is 10.8. The lowest BCUT2D eigenvalue weighted by molar-refractivity contribution is -0.0499. The fourth-order valence-electron chi connectivity index (χ4n) is 3.05. The van der Waals surface area contributed by atoms with Crippen LogP contribution in [0.1, 0.15) is 26.3 Å². The van der Waals surface area contributed by atoms with Crippen molar-refractivity contribution in [2.24, 2.45) is 7.05 Å². The van der Waals surface area contributed by atoms with E-state index in [-0.39, 0.29) is 23.7 Å². The molecule has 11 heteroatoms. The number of benzene rings is 2. The summed E-state index contributed by atoms with van der Waals surface area (Å²) in [5.74, 6) is -2.56. The Hall–Kier alpha value is -4.28. The molecule has 0 unspecified atom stereocenters. The molecule has 0 saturated carbocycles. The smallest absolute Gasteiger partial charge is 0.387 e. The zero-order valence-electron chi connectivity index (χ0n) is 17.4. The number of rotatable bonds is 8. The molecule has 0 bridgehead atoms. The average Bonchev–Trinajstić information content (AvgIpc) is 2.79. The summed E-state index contributed by atoms with van der Waals surface area (Å²) >= 11 is 0. The molecule has 0 radical (unpaired) electrons. The average molecular weight is 459 g/mol. The van der Waals surface area contributed by atoms with Crippen molar-refractivity contribution in [1.29, 1.82) is 0 Å². The lowest BCUT2D eigenvalue weighted by atomic mass is 10.1. The van der Waals surface area contributed by atoms with Gasteiger partial charge in [-0.05, 0) is 23.8 Å². The molecule has 1 aromatic heterocycles. The van der Waals surface area contributed by atoms with E-state index in [1.54, 1.807) is 30.3 Å². The Morgan fingerprint density at radius 2 is 1.76 bits per heavy atom. The Kier molecular flexibility index (Phi) is 7.01. The van der Waals surface area contributed by atoms with Gasteiger partial charge in [-0.1, -0.05) is 36.4 Å². The third kappa shape index (κ3) is 5.32.